The summed E-state index contributed by atoms with van der Waals surface area (Å²) in [6.45, 7) is 3.78. The first-order chi connectivity index (χ1) is 8.49. The van der Waals surface area contributed by atoms with Gasteiger partial charge >= 0.3 is 5.97 Å². The van der Waals surface area contributed by atoms with Crippen molar-refractivity contribution in [3.05, 3.63) is 34.8 Å². The summed E-state index contributed by atoms with van der Waals surface area (Å²) < 4.78 is 0. The van der Waals surface area contributed by atoms with Crippen LogP contribution in [0.25, 0.3) is 11.4 Å². The van der Waals surface area contributed by atoms with E-state index < -0.39 is 11.4 Å². The molecular weight excluding hydrogens is 248 g/mol. The molecule has 2 aromatic heterocycles. The topological polar surface area (TPSA) is 63.1 Å². The SMILES string of the molecule is CC(C)(CC(=O)O)c1nc(-c2ccccn2)cs1. The van der Waals surface area contributed by atoms with Gasteiger partial charge in [0.1, 0.15) is 0 Å². The molecule has 0 aliphatic carbocycles. The summed E-state index contributed by atoms with van der Waals surface area (Å²) in [7, 11) is 0. The average molecular weight is 262 g/mol. The Morgan fingerprint density at radius 1 is 1.39 bits per heavy atom. The fourth-order valence-electron chi connectivity index (χ4n) is 1.67. The van der Waals surface area contributed by atoms with Crippen LogP contribution in [0.5, 0.6) is 0 Å². The van der Waals surface area contributed by atoms with Crippen molar-refractivity contribution < 1.29 is 9.90 Å². The number of hydrogen-bond acceptors (Lipinski definition) is 4. The van der Waals surface area contributed by atoms with Crippen LogP contribution in [0.4, 0.5) is 0 Å². The van der Waals surface area contributed by atoms with Gasteiger partial charge in [-0.15, -0.1) is 11.3 Å². The molecular formula is C13H14N2O2S. The summed E-state index contributed by atoms with van der Waals surface area (Å²) >= 11 is 1.48. The Balaban J connectivity index is 2.28. The molecule has 2 rings (SSSR count). The minimum atomic E-state index is -0.811. The van der Waals surface area contributed by atoms with E-state index in [-0.39, 0.29) is 6.42 Å². The van der Waals surface area contributed by atoms with E-state index in [4.69, 9.17) is 5.11 Å². The van der Waals surface area contributed by atoms with Crippen LogP contribution in [0.3, 0.4) is 0 Å². The maximum Gasteiger partial charge on any atom is 0.304 e. The van der Waals surface area contributed by atoms with E-state index in [0.29, 0.717) is 0 Å². The Kier molecular flexibility index (Phi) is 3.43. The first kappa shape index (κ1) is 12.7. The first-order valence-corrected chi connectivity index (χ1v) is 6.46. The monoisotopic (exact) mass is 262 g/mol. The van der Waals surface area contributed by atoms with Gasteiger partial charge in [0.25, 0.3) is 0 Å². The maximum absolute atomic E-state index is 10.8. The second kappa shape index (κ2) is 4.86. The largest absolute Gasteiger partial charge is 0.481 e. The molecule has 2 aromatic rings. The summed E-state index contributed by atoms with van der Waals surface area (Å²) in [5, 5.41) is 11.6. The molecule has 18 heavy (non-hydrogen) atoms. The zero-order valence-electron chi connectivity index (χ0n) is 10.3. The Morgan fingerprint density at radius 3 is 2.78 bits per heavy atom. The quantitative estimate of drug-likeness (QED) is 0.920. The molecule has 0 atom stereocenters. The summed E-state index contributed by atoms with van der Waals surface area (Å²) in [6.07, 6.45) is 1.79. The molecule has 0 saturated carbocycles. The van der Waals surface area contributed by atoms with Crippen molar-refractivity contribution >= 4 is 17.3 Å². The number of carbonyl (C=O) groups is 1. The molecule has 0 spiro atoms. The summed E-state index contributed by atoms with van der Waals surface area (Å²) in [5.74, 6) is -0.811. The summed E-state index contributed by atoms with van der Waals surface area (Å²) in [5.41, 5.74) is 1.16. The lowest BCUT2D eigenvalue weighted by molar-refractivity contribution is -0.138. The van der Waals surface area contributed by atoms with Crippen molar-refractivity contribution in [2.24, 2.45) is 0 Å². The van der Waals surface area contributed by atoms with E-state index in [9.17, 15) is 4.79 Å². The minimum absolute atomic E-state index is 0.0716. The van der Waals surface area contributed by atoms with Gasteiger partial charge in [-0.25, -0.2) is 4.98 Å². The zero-order chi connectivity index (χ0) is 13.2. The molecule has 0 aromatic carbocycles. The smallest absolute Gasteiger partial charge is 0.304 e. The number of aromatic nitrogens is 2. The van der Waals surface area contributed by atoms with Gasteiger partial charge in [-0.2, -0.15) is 0 Å². The number of thiazole rings is 1. The second-order valence-corrected chi connectivity index (χ2v) is 5.57. The predicted molar refractivity (Wildman–Crippen MR) is 70.6 cm³/mol. The van der Waals surface area contributed by atoms with Gasteiger partial charge in [-0.1, -0.05) is 19.9 Å². The normalized spacial score (nSPS) is 11.4. The van der Waals surface area contributed by atoms with E-state index in [0.717, 1.165) is 16.4 Å². The van der Waals surface area contributed by atoms with Crippen molar-refractivity contribution in [3.8, 4) is 11.4 Å². The fourth-order valence-corrected chi connectivity index (χ4v) is 2.61. The van der Waals surface area contributed by atoms with Crippen molar-refractivity contribution in [2.45, 2.75) is 25.7 Å². The molecule has 1 N–H and O–H groups in total. The highest BCUT2D eigenvalue weighted by molar-refractivity contribution is 7.10. The third-order valence-electron chi connectivity index (χ3n) is 2.60. The van der Waals surface area contributed by atoms with E-state index in [1.807, 2.05) is 37.4 Å². The van der Waals surface area contributed by atoms with Crippen molar-refractivity contribution in [2.75, 3.05) is 0 Å². The Labute approximate surface area is 109 Å². The molecule has 0 unspecified atom stereocenters. The number of carboxylic acid groups (broad SMARTS) is 1. The van der Waals surface area contributed by atoms with Crippen LogP contribution in [0, 0.1) is 0 Å². The van der Waals surface area contributed by atoms with Crippen molar-refractivity contribution in [1.29, 1.82) is 0 Å². The molecule has 2 heterocycles. The van der Waals surface area contributed by atoms with Gasteiger partial charge < -0.3 is 5.11 Å². The highest BCUT2D eigenvalue weighted by atomic mass is 32.1. The van der Waals surface area contributed by atoms with Gasteiger partial charge in [0, 0.05) is 17.0 Å². The number of aliphatic carboxylic acids is 1. The van der Waals surface area contributed by atoms with Crippen LogP contribution in [0.15, 0.2) is 29.8 Å². The molecule has 0 radical (unpaired) electrons. The van der Waals surface area contributed by atoms with E-state index in [1.54, 1.807) is 6.20 Å². The maximum atomic E-state index is 10.8. The van der Waals surface area contributed by atoms with E-state index in [2.05, 4.69) is 9.97 Å². The lowest BCUT2D eigenvalue weighted by Crippen LogP contribution is -2.21. The molecule has 0 fully saturated rings. The number of nitrogens with zero attached hydrogens (tertiary/aromatic N) is 2. The van der Waals surface area contributed by atoms with E-state index >= 15 is 0 Å². The van der Waals surface area contributed by atoms with Crippen LogP contribution in [0.2, 0.25) is 0 Å². The third-order valence-corrected chi connectivity index (χ3v) is 3.81. The van der Waals surface area contributed by atoms with Crippen LogP contribution >= 0.6 is 11.3 Å². The van der Waals surface area contributed by atoms with Gasteiger partial charge in [0.2, 0.25) is 0 Å². The predicted octanol–water partition coefficient (Wildman–Crippen LogP) is 2.96. The lowest BCUT2D eigenvalue weighted by Gasteiger charge is -2.18. The second-order valence-electron chi connectivity index (χ2n) is 4.71. The minimum Gasteiger partial charge on any atom is -0.481 e. The zero-order valence-corrected chi connectivity index (χ0v) is 11.1. The number of hydrogen-bond donors (Lipinski definition) is 1. The number of rotatable bonds is 4. The Morgan fingerprint density at radius 2 is 2.17 bits per heavy atom. The van der Waals surface area contributed by atoms with Crippen LogP contribution < -0.4 is 0 Å². The Bertz CT molecular complexity index is 549. The van der Waals surface area contributed by atoms with E-state index in [1.165, 1.54) is 11.3 Å². The Hall–Kier alpha value is -1.75. The first-order valence-electron chi connectivity index (χ1n) is 5.58. The highest BCUT2D eigenvalue weighted by Gasteiger charge is 2.27. The summed E-state index contributed by atoms with van der Waals surface area (Å²) in [6, 6.07) is 5.65. The molecule has 0 saturated heterocycles. The molecule has 94 valence electrons. The average Bonchev–Trinajstić information content (AvgIpc) is 2.78. The molecule has 0 bridgehead atoms. The number of carboxylic acids is 1. The lowest BCUT2D eigenvalue weighted by atomic mass is 9.90. The third kappa shape index (κ3) is 2.73. The van der Waals surface area contributed by atoms with Crippen molar-refractivity contribution in [3.63, 3.8) is 0 Å². The van der Waals surface area contributed by atoms with Gasteiger partial charge in [0.15, 0.2) is 0 Å². The van der Waals surface area contributed by atoms with Gasteiger partial charge in [-0.05, 0) is 12.1 Å². The molecule has 4 nitrogen and oxygen atoms in total. The van der Waals surface area contributed by atoms with Gasteiger partial charge in [-0.3, -0.25) is 9.78 Å². The van der Waals surface area contributed by atoms with Crippen LogP contribution in [-0.2, 0) is 10.2 Å². The molecule has 0 amide bonds. The standard InChI is InChI=1S/C13H14N2O2S/c1-13(2,7-11(16)17)12-15-10(8-18-12)9-5-3-4-6-14-9/h3-6,8H,7H2,1-2H3,(H,16,17). The number of pyridine rings is 1. The van der Waals surface area contributed by atoms with Crippen LogP contribution in [0.1, 0.15) is 25.3 Å². The molecule has 0 aliphatic heterocycles. The van der Waals surface area contributed by atoms with Crippen molar-refractivity contribution in [1.82, 2.24) is 9.97 Å². The highest BCUT2D eigenvalue weighted by Crippen LogP contribution is 2.32. The summed E-state index contributed by atoms with van der Waals surface area (Å²) in [4.78, 5) is 19.6. The molecule has 5 heteroatoms. The van der Waals surface area contributed by atoms with Crippen LogP contribution in [-0.4, -0.2) is 21.0 Å². The fraction of sp³-hybridized carbons (Fsp3) is 0.308. The molecule has 0 aliphatic rings. The van der Waals surface area contributed by atoms with Gasteiger partial charge in [0.05, 0.1) is 22.8 Å².